The average molecular weight is 300 g/mol. The van der Waals surface area contributed by atoms with Crippen LogP contribution in [0.25, 0.3) is 0 Å². The molecule has 0 fully saturated rings. The van der Waals surface area contributed by atoms with Crippen LogP contribution in [0.1, 0.15) is 34.6 Å². The van der Waals surface area contributed by atoms with Crippen molar-refractivity contribution >= 4 is 17.5 Å². The van der Waals surface area contributed by atoms with Crippen molar-refractivity contribution in [3.05, 3.63) is 24.3 Å². The molecule has 1 aromatic rings. The Hall–Kier alpha value is -1.00. The van der Waals surface area contributed by atoms with Gasteiger partial charge in [0.05, 0.1) is 12.7 Å². The zero-order chi connectivity index (χ0) is 13.4. The molecule has 0 radical (unpaired) electrons. The molecule has 116 valence electrons. The molecule has 1 aromatic carbocycles. The molecule has 0 amide bonds. The molecule has 1 atom stereocenters. The summed E-state index contributed by atoms with van der Waals surface area (Å²) in [6.07, 6.45) is 3.17. The van der Waals surface area contributed by atoms with Crippen molar-refractivity contribution in [2.75, 3.05) is 20.0 Å². The molecule has 0 aliphatic carbocycles. The van der Waals surface area contributed by atoms with Gasteiger partial charge in [0.2, 0.25) is 0 Å². The third-order valence-corrected chi connectivity index (χ3v) is 3.36. The number of benzene rings is 1. The molecule has 0 aromatic heterocycles. The van der Waals surface area contributed by atoms with Gasteiger partial charge in [-0.05, 0) is 37.4 Å². The van der Waals surface area contributed by atoms with Crippen LogP contribution >= 0.6 is 11.8 Å². The van der Waals surface area contributed by atoms with E-state index in [0.29, 0.717) is 13.0 Å². The number of Topliss-reactive ketones (excluding diaryl/α,β-unsaturated/α-hetero) is 1. The standard InChI is InChI=1S/C14H20O3S.2CH4/c1-11(15)10-13(16-2)8-9-17-12-4-6-14(18-3)7-5-12;;/h4-7,13H,8-10H2,1-3H3;2*1H4. The molecular weight excluding hydrogens is 272 g/mol. The summed E-state index contributed by atoms with van der Waals surface area (Å²) in [5.41, 5.74) is 0. The van der Waals surface area contributed by atoms with E-state index in [0.717, 1.165) is 12.2 Å². The number of thioether (sulfide) groups is 1. The van der Waals surface area contributed by atoms with E-state index in [1.54, 1.807) is 25.8 Å². The van der Waals surface area contributed by atoms with Gasteiger partial charge in [0.1, 0.15) is 11.5 Å². The van der Waals surface area contributed by atoms with Gasteiger partial charge in [0.25, 0.3) is 0 Å². The van der Waals surface area contributed by atoms with Crippen LogP contribution in [-0.4, -0.2) is 31.9 Å². The molecule has 1 rings (SSSR count). The number of ether oxygens (including phenoxy) is 2. The van der Waals surface area contributed by atoms with E-state index in [-0.39, 0.29) is 26.7 Å². The number of ketones is 1. The zero-order valence-corrected chi connectivity index (χ0v) is 12.0. The summed E-state index contributed by atoms with van der Waals surface area (Å²) >= 11 is 1.70. The van der Waals surface area contributed by atoms with Gasteiger partial charge in [-0.1, -0.05) is 14.9 Å². The predicted octanol–water partition coefficient (Wildman–Crippen LogP) is 4.44. The predicted molar refractivity (Wildman–Crippen MR) is 87.9 cm³/mol. The van der Waals surface area contributed by atoms with Crippen molar-refractivity contribution in [1.82, 2.24) is 0 Å². The first-order valence-electron chi connectivity index (χ1n) is 5.94. The van der Waals surface area contributed by atoms with Gasteiger partial charge in [-0.15, -0.1) is 11.8 Å². The molecule has 1 unspecified atom stereocenters. The Morgan fingerprint density at radius 1 is 1.25 bits per heavy atom. The second kappa shape index (κ2) is 11.8. The lowest BCUT2D eigenvalue weighted by Crippen LogP contribution is -2.17. The normalized spacial score (nSPS) is 10.9. The second-order valence-electron chi connectivity index (χ2n) is 4.08. The number of methoxy groups -OCH3 is 1. The third kappa shape index (κ3) is 8.23. The number of rotatable bonds is 8. The lowest BCUT2D eigenvalue weighted by molar-refractivity contribution is -0.119. The van der Waals surface area contributed by atoms with Crippen molar-refractivity contribution in [2.24, 2.45) is 0 Å². The average Bonchev–Trinajstić information content (AvgIpc) is 2.38. The van der Waals surface area contributed by atoms with Gasteiger partial charge in [0, 0.05) is 24.8 Å². The Bertz CT molecular complexity index is 362. The molecule has 0 saturated heterocycles. The summed E-state index contributed by atoms with van der Waals surface area (Å²) < 4.78 is 10.9. The highest BCUT2D eigenvalue weighted by Crippen LogP contribution is 2.19. The summed E-state index contributed by atoms with van der Waals surface area (Å²) in [6.45, 7) is 2.14. The molecule has 0 spiro atoms. The van der Waals surface area contributed by atoms with E-state index >= 15 is 0 Å². The van der Waals surface area contributed by atoms with Crippen LogP contribution in [-0.2, 0) is 9.53 Å². The summed E-state index contributed by atoms with van der Waals surface area (Å²) in [7, 11) is 1.63. The van der Waals surface area contributed by atoms with Crippen molar-refractivity contribution in [2.45, 2.75) is 45.6 Å². The summed E-state index contributed by atoms with van der Waals surface area (Å²) in [4.78, 5) is 12.2. The highest BCUT2D eigenvalue weighted by atomic mass is 32.2. The maximum Gasteiger partial charge on any atom is 0.132 e. The number of hydrogen-bond donors (Lipinski definition) is 0. The van der Waals surface area contributed by atoms with Crippen molar-refractivity contribution in [3.63, 3.8) is 0 Å². The van der Waals surface area contributed by atoms with Crippen LogP contribution in [0.2, 0.25) is 0 Å². The van der Waals surface area contributed by atoms with E-state index in [1.807, 2.05) is 30.5 Å². The largest absolute Gasteiger partial charge is 0.493 e. The molecule has 0 bridgehead atoms. The van der Waals surface area contributed by atoms with Gasteiger partial charge in [-0.2, -0.15) is 0 Å². The second-order valence-corrected chi connectivity index (χ2v) is 4.96. The van der Waals surface area contributed by atoms with Crippen molar-refractivity contribution in [3.8, 4) is 5.75 Å². The Morgan fingerprint density at radius 3 is 2.30 bits per heavy atom. The minimum absolute atomic E-state index is 0. The Balaban J connectivity index is 0. The Kier molecular flexibility index (Phi) is 12.6. The monoisotopic (exact) mass is 300 g/mol. The van der Waals surface area contributed by atoms with Crippen molar-refractivity contribution in [1.29, 1.82) is 0 Å². The van der Waals surface area contributed by atoms with Gasteiger partial charge in [-0.25, -0.2) is 0 Å². The zero-order valence-electron chi connectivity index (χ0n) is 11.1. The fourth-order valence-corrected chi connectivity index (χ4v) is 2.01. The summed E-state index contributed by atoms with van der Waals surface area (Å²) in [5, 5.41) is 0. The first-order valence-corrected chi connectivity index (χ1v) is 7.17. The molecular formula is C16H28O3S. The summed E-state index contributed by atoms with van der Waals surface area (Å²) in [5.74, 6) is 0.997. The van der Waals surface area contributed by atoms with Gasteiger partial charge in [-0.3, -0.25) is 4.79 Å². The van der Waals surface area contributed by atoms with E-state index in [4.69, 9.17) is 9.47 Å². The first-order chi connectivity index (χ1) is 8.65. The highest BCUT2D eigenvalue weighted by molar-refractivity contribution is 7.98. The molecule has 4 heteroatoms. The number of carbonyl (C=O) groups excluding carboxylic acids is 1. The summed E-state index contributed by atoms with van der Waals surface area (Å²) in [6, 6.07) is 7.98. The van der Waals surface area contributed by atoms with Crippen LogP contribution in [0.3, 0.4) is 0 Å². The maximum absolute atomic E-state index is 11.0. The molecule has 0 saturated carbocycles. The lowest BCUT2D eigenvalue weighted by atomic mass is 10.1. The number of carbonyl (C=O) groups is 1. The van der Waals surface area contributed by atoms with E-state index < -0.39 is 0 Å². The fraction of sp³-hybridized carbons (Fsp3) is 0.562. The van der Waals surface area contributed by atoms with E-state index in [2.05, 4.69) is 0 Å². The SMILES string of the molecule is C.C.COC(CCOc1ccc(SC)cc1)CC(C)=O. The van der Waals surface area contributed by atoms with Gasteiger partial charge >= 0.3 is 0 Å². The topological polar surface area (TPSA) is 35.5 Å². The van der Waals surface area contributed by atoms with Crippen LogP contribution in [0.4, 0.5) is 0 Å². The van der Waals surface area contributed by atoms with Crippen LogP contribution < -0.4 is 4.74 Å². The third-order valence-electron chi connectivity index (χ3n) is 2.62. The minimum atomic E-state index is -0.0482. The first kappa shape index (κ1) is 21.3. The van der Waals surface area contributed by atoms with Crippen LogP contribution in [0.15, 0.2) is 29.2 Å². The Morgan fingerprint density at radius 2 is 1.85 bits per heavy atom. The van der Waals surface area contributed by atoms with Crippen LogP contribution in [0.5, 0.6) is 5.75 Å². The lowest BCUT2D eigenvalue weighted by Gasteiger charge is -2.14. The smallest absolute Gasteiger partial charge is 0.132 e. The molecule has 0 aliphatic rings. The molecule has 20 heavy (non-hydrogen) atoms. The van der Waals surface area contributed by atoms with Crippen molar-refractivity contribution < 1.29 is 14.3 Å². The van der Waals surface area contributed by atoms with E-state index in [9.17, 15) is 4.79 Å². The van der Waals surface area contributed by atoms with Crippen LogP contribution in [0, 0.1) is 0 Å². The number of hydrogen-bond acceptors (Lipinski definition) is 4. The molecule has 3 nitrogen and oxygen atoms in total. The quantitative estimate of drug-likeness (QED) is 0.665. The fourth-order valence-electron chi connectivity index (χ4n) is 1.60. The molecule has 0 aliphatic heterocycles. The Labute approximate surface area is 128 Å². The van der Waals surface area contributed by atoms with Gasteiger partial charge < -0.3 is 9.47 Å². The van der Waals surface area contributed by atoms with Gasteiger partial charge in [0.15, 0.2) is 0 Å². The van der Waals surface area contributed by atoms with E-state index in [1.165, 1.54) is 4.90 Å². The minimum Gasteiger partial charge on any atom is -0.493 e. The molecule has 0 N–H and O–H groups in total. The highest BCUT2D eigenvalue weighted by Gasteiger charge is 2.10. The maximum atomic E-state index is 11.0. The molecule has 0 heterocycles.